The Morgan fingerprint density at radius 2 is 1.76 bits per heavy atom. The summed E-state index contributed by atoms with van der Waals surface area (Å²) in [7, 11) is 0. The van der Waals surface area contributed by atoms with Crippen molar-refractivity contribution in [3.05, 3.63) is 35.4 Å². The van der Waals surface area contributed by atoms with Crippen molar-refractivity contribution in [1.29, 1.82) is 0 Å². The molecule has 1 fully saturated rings. The second kappa shape index (κ2) is 7.22. The Hall–Kier alpha value is -1.88. The lowest BCUT2D eigenvalue weighted by atomic mass is 9.82. The lowest BCUT2D eigenvalue weighted by molar-refractivity contribution is -0.143. The predicted octanol–water partition coefficient (Wildman–Crippen LogP) is 1.77. The number of carbonyl (C=O) groups is 2. The molecule has 1 aromatic carbocycles. The molecule has 5 heteroatoms. The van der Waals surface area contributed by atoms with Gasteiger partial charge in [0.05, 0.1) is 5.92 Å². The van der Waals surface area contributed by atoms with E-state index in [4.69, 9.17) is 10.8 Å². The molecule has 1 aliphatic carbocycles. The minimum atomic E-state index is -0.657. The highest BCUT2D eigenvalue weighted by atomic mass is 16.4. The minimum Gasteiger partial charge on any atom is -0.481 e. The van der Waals surface area contributed by atoms with Gasteiger partial charge in [-0.2, -0.15) is 0 Å². The largest absolute Gasteiger partial charge is 0.481 e. The number of hydrogen-bond donors (Lipinski definition) is 3. The zero-order valence-electron chi connectivity index (χ0n) is 12.0. The quantitative estimate of drug-likeness (QED) is 0.744. The average molecular weight is 290 g/mol. The van der Waals surface area contributed by atoms with Crippen LogP contribution in [0.4, 0.5) is 0 Å². The summed E-state index contributed by atoms with van der Waals surface area (Å²) in [5.41, 5.74) is 6.83. The predicted molar refractivity (Wildman–Crippen MR) is 79.8 cm³/mol. The maximum absolute atomic E-state index is 11.0. The number of benzene rings is 1. The molecule has 1 amide bonds. The fraction of sp³-hybridized carbons (Fsp3) is 0.500. The van der Waals surface area contributed by atoms with E-state index in [-0.39, 0.29) is 5.92 Å². The van der Waals surface area contributed by atoms with Crippen molar-refractivity contribution in [2.75, 3.05) is 6.54 Å². The summed E-state index contributed by atoms with van der Waals surface area (Å²) in [5, 5.41) is 12.4. The van der Waals surface area contributed by atoms with Crippen LogP contribution in [0.3, 0.4) is 0 Å². The molecule has 0 bridgehead atoms. The Bertz CT molecular complexity index is 491. The summed E-state index contributed by atoms with van der Waals surface area (Å²) in [6, 6.07) is 7.26. The molecule has 1 saturated carbocycles. The molecular weight excluding hydrogens is 268 g/mol. The summed E-state index contributed by atoms with van der Waals surface area (Å²) < 4.78 is 0. The number of primary amides is 1. The molecule has 0 atom stereocenters. The van der Waals surface area contributed by atoms with E-state index in [1.54, 1.807) is 12.1 Å². The van der Waals surface area contributed by atoms with Crippen LogP contribution >= 0.6 is 0 Å². The zero-order valence-corrected chi connectivity index (χ0v) is 12.0. The molecule has 0 unspecified atom stereocenters. The Morgan fingerprint density at radius 1 is 1.14 bits per heavy atom. The molecule has 1 aromatic rings. The third-order valence-corrected chi connectivity index (χ3v) is 4.20. The Morgan fingerprint density at radius 3 is 2.29 bits per heavy atom. The fourth-order valence-corrected chi connectivity index (χ4v) is 2.82. The van der Waals surface area contributed by atoms with Gasteiger partial charge < -0.3 is 16.2 Å². The maximum atomic E-state index is 11.0. The van der Waals surface area contributed by atoms with E-state index in [1.807, 2.05) is 12.1 Å². The number of nitrogens with one attached hydrogen (secondary N) is 1. The molecule has 0 aromatic heterocycles. The van der Waals surface area contributed by atoms with E-state index in [1.165, 1.54) is 0 Å². The zero-order chi connectivity index (χ0) is 15.2. The van der Waals surface area contributed by atoms with Gasteiger partial charge in [-0.05, 0) is 55.8 Å². The Kier molecular flexibility index (Phi) is 5.33. The molecule has 0 saturated heterocycles. The standard InChI is InChI=1S/C16H22N2O3/c17-15(19)13-5-1-11(2-6-13)9-18-10-12-3-7-14(8-4-12)16(20)21/h1-2,5-6,12,14,18H,3-4,7-10H2,(H2,17,19)(H,20,21). The highest BCUT2D eigenvalue weighted by Gasteiger charge is 2.25. The van der Waals surface area contributed by atoms with Crippen LogP contribution in [0.15, 0.2) is 24.3 Å². The Balaban J connectivity index is 1.70. The SMILES string of the molecule is NC(=O)c1ccc(CNCC2CCC(C(=O)O)CC2)cc1. The molecular formula is C16H22N2O3. The first kappa shape index (κ1) is 15.5. The number of hydrogen-bond acceptors (Lipinski definition) is 3. The topological polar surface area (TPSA) is 92.4 Å². The second-order valence-corrected chi connectivity index (χ2v) is 5.75. The smallest absolute Gasteiger partial charge is 0.306 e. The van der Waals surface area contributed by atoms with E-state index in [2.05, 4.69) is 5.32 Å². The minimum absolute atomic E-state index is 0.150. The molecule has 2 rings (SSSR count). The lowest BCUT2D eigenvalue weighted by Gasteiger charge is -2.26. The number of nitrogens with two attached hydrogens (primary N) is 1. The van der Waals surface area contributed by atoms with Gasteiger partial charge in [-0.3, -0.25) is 9.59 Å². The van der Waals surface area contributed by atoms with Gasteiger partial charge in [0.15, 0.2) is 0 Å². The van der Waals surface area contributed by atoms with E-state index in [9.17, 15) is 9.59 Å². The van der Waals surface area contributed by atoms with Crippen LogP contribution in [0.5, 0.6) is 0 Å². The summed E-state index contributed by atoms with van der Waals surface area (Å²) in [4.78, 5) is 21.9. The van der Waals surface area contributed by atoms with Crippen LogP contribution in [0, 0.1) is 11.8 Å². The maximum Gasteiger partial charge on any atom is 0.306 e. The fourth-order valence-electron chi connectivity index (χ4n) is 2.82. The van der Waals surface area contributed by atoms with Crippen molar-refractivity contribution in [3.8, 4) is 0 Å². The van der Waals surface area contributed by atoms with Gasteiger partial charge in [0.1, 0.15) is 0 Å². The highest BCUT2D eigenvalue weighted by Crippen LogP contribution is 2.28. The molecule has 1 aliphatic rings. The molecule has 114 valence electrons. The summed E-state index contributed by atoms with van der Waals surface area (Å²) in [6.45, 7) is 1.65. The molecule has 0 heterocycles. The normalized spacial score (nSPS) is 21.9. The number of carboxylic acids is 1. The van der Waals surface area contributed by atoms with Gasteiger partial charge in [-0.25, -0.2) is 0 Å². The molecule has 0 aliphatic heterocycles. The summed E-state index contributed by atoms with van der Waals surface area (Å²) in [6.07, 6.45) is 3.53. The van der Waals surface area contributed by atoms with Crippen molar-refractivity contribution < 1.29 is 14.7 Å². The lowest BCUT2D eigenvalue weighted by Crippen LogP contribution is -2.28. The van der Waals surface area contributed by atoms with Gasteiger partial charge in [0.25, 0.3) is 0 Å². The van der Waals surface area contributed by atoms with Crippen molar-refractivity contribution in [1.82, 2.24) is 5.32 Å². The van der Waals surface area contributed by atoms with Gasteiger partial charge in [0, 0.05) is 12.1 Å². The number of rotatable bonds is 6. The Labute approximate surface area is 124 Å². The van der Waals surface area contributed by atoms with E-state index >= 15 is 0 Å². The third-order valence-electron chi connectivity index (χ3n) is 4.20. The summed E-state index contributed by atoms with van der Waals surface area (Å²) >= 11 is 0. The number of carbonyl (C=O) groups excluding carboxylic acids is 1. The van der Waals surface area contributed by atoms with Crippen LogP contribution in [0.2, 0.25) is 0 Å². The molecule has 4 N–H and O–H groups in total. The van der Waals surface area contributed by atoms with Crippen LogP contribution < -0.4 is 11.1 Å². The van der Waals surface area contributed by atoms with E-state index < -0.39 is 11.9 Å². The van der Waals surface area contributed by atoms with Gasteiger partial charge in [-0.1, -0.05) is 12.1 Å². The monoisotopic (exact) mass is 290 g/mol. The second-order valence-electron chi connectivity index (χ2n) is 5.75. The molecule has 5 nitrogen and oxygen atoms in total. The molecule has 0 radical (unpaired) electrons. The van der Waals surface area contributed by atoms with Gasteiger partial charge in [0.2, 0.25) is 5.91 Å². The number of carboxylic acid groups (broad SMARTS) is 1. The van der Waals surface area contributed by atoms with Crippen molar-refractivity contribution >= 4 is 11.9 Å². The van der Waals surface area contributed by atoms with Gasteiger partial charge in [-0.15, -0.1) is 0 Å². The van der Waals surface area contributed by atoms with Crippen LogP contribution in [-0.4, -0.2) is 23.5 Å². The number of aliphatic carboxylic acids is 1. The molecule has 21 heavy (non-hydrogen) atoms. The highest BCUT2D eigenvalue weighted by molar-refractivity contribution is 5.92. The molecule has 0 spiro atoms. The van der Waals surface area contributed by atoms with Gasteiger partial charge >= 0.3 is 5.97 Å². The van der Waals surface area contributed by atoms with Crippen LogP contribution in [0.1, 0.15) is 41.6 Å². The van der Waals surface area contributed by atoms with Crippen molar-refractivity contribution in [2.45, 2.75) is 32.2 Å². The van der Waals surface area contributed by atoms with Crippen LogP contribution in [0.25, 0.3) is 0 Å². The number of amides is 1. The van der Waals surface area contributed by atoms with E-state index in [0.29, 0.717) is 11.5 Å². The van der Waals surface area contributed by atoms with Crippen molar-refractivity contribution in [2.24, 2.45) is 17.6 Å². The third kappa shape index (κ3) is 4.56. The first-order chi connectivity index (χ1) is 10.1. The van der Waals surface area contributed by atoms with E-state index in [0.717, 1.165) is 44.3 Å². The van der Waals surface area contributed by atoms with Crippen LogP contribution in [-0.2, 0) is 11.3 Å². The summed E-state index contributed by atoms with van der Waals surface area (Å²) in [5.74, 6) is -0.659. The first-order valence-electron chi connectivity index (χ1n) is 7.38. The first-order valence-corrected chi connectivity index (χ1v) is 7.38. The van der Waals surface area contributed by atoms with Crippen molar-refractivity contribution in [3.63, 3.8) is 0 Å². The average Bonchev–Trinajstić information content (AvgIpc) is 2.48.